The van der Waals surface area contributed by atoms with Gasteiger partial charge in [0.25, 0.3) is 15.9 Å². The number of carbonyl (C=O) groups is 1. The molecule has 0 aliphatic heterocycles. The van der Waals surface area contributed by atoms with E-state index in [4.69, 9.17) is 23.2 Å². The van der Waals surface area contributed by atoms with E-state index in [1.807, 2.05) is 0 Å². The zero-order chi connectivity index (χ0) is 19.4. The third kappa shape index (κ3) is 4.94. The van der Waals surface area contributed by atoms with Crippen molar-refractivity contribution in [1.82, 2.24) is 5.32 Å². The maximum Gasteiger partial charge on any atom is 0.263 e. The largest absolute Gasteiger partial charge is 0.349 e. The number of hydrogen-bond donors (Lipinski definition) is 2. The van der Waals surface area contributed by atoms with E-state index in [1.165, 1.54) is 24.6 Å². The van der Waals surface area contributed by atoms with Crippen molar-refractivity contribution in [3.8, 4) is 0 Å². The number of nitrogens with one attached hydrogen (secondary N) is 2. The Bertz CT molecular complexity index is 942. The maximum atomic E-state index is 12.8. The van der Waals surface area contributed by atoms with Crippen LogP contribution in [0.25, 0.3) is 0 Å². The molecule has 1 aliphatic rings. The van der Waals surface area contributed by atoms with Crippen LogP contribution in [0.2, 0.25) is 10.0 Å². The molecule has 0 bridgehead atoms. The van der Waals surface area contributed by atoms with Crippen molar-refractivity contribution >= 4 is 44.8 Å². The third-order valence-electron chi connectivity index (χ3n) is 4.54. The smallest absolute Gasteiger partial charge is 0.263 e. The van der Waals surface area contributed by atoms with E-state index in [2.05, 4.69) is 10.0 Å². The van der Waals surface area contributed by atoms with Crippen LogP contribution in [0.5, 0.6) is 0 Å². The summed E-state index contributed by atoms with van der Waals surface area (Å²) in [6.07, 6.45) is 5.25. The summed E-state index contributed by atoms with van der Waals surface area (Å²) in [5.74, 6) is -0.294. The topological polar surface area (TPSA) is 75.3 Å². The molecule has 1 aliphatic carbocycles. The monoisotopic (exact) mass is 426 g/mol. The van der Waals surface area contributed by atoms with Crippen molar-refractivity contribution in [2.45, 2.75) is 43.0 Å². The van der Waals surface area contributed by atoms with Gasteiger partial charge in [-0.1, -0.05) is 54.6 Å². The van der Waals surface area contributed by atoms with Gasteiger partial charge in [-0.2, -0.15) is 0 Å². The number of halogens is 2. The highest BCUT2D eigenvalue weighted by Crippen LogP contribution is 2.28. The van der Waals surface area contributed by atoms with Gasteiger partial charge in [0.15, 0.2) is 0 Å². The Morgan fingerprint density at radius 3 is 2.44 bits per heavy atom. The molecule has 0 unspecified atom stereocenters. The van der Waals surface area contributed by atoms with E-state index in [-0.39, 0.29) is 38.1 Å². The van der Waals surface area contributed by atoms with Crippen LogP contribution in [0.3, 0.4) is 0 Å². The van der Waals surface area contributed by atoms with Gasteiger partial charge in [-0.25, -0.2) is 8.42 Å². The van der Waals surface area contributed by atoms with Gasteiger partial charge in [0, 0.05) is 11.1 Å². The second kappa shape index (κ2) is 8.50. The lowest BCUT2D eigenvalue weighted by atomic mass is 9.95. The second-order valence-electron chi connectivity index (χ2n) is 6.53. The molecular formula is C19H20Cl2N2O3S. The number of hydrogen-bond acceptors (Lipinski definition) is 3. The number of benzene rings is 2. The van der Waals surface area contributed by atoms with Crippen molar-refractivity contribution in [1.29, 1.82) is 0 Å². The highest BCUT2D eigenvalue weighted by molar-refractivity contribution is 7.92. The molecule has 0 spiro atoms. The Morgan fingerprint density at radius 2 is 1.70 bits per heavy atom. The third-order valence-corrected chi connectivity index (χ3v) is 6.62. The number of anilines is 1. The zero-order valence-corrected chi connectivity index (χ0v) is 16.9. The van der Waals surface area contributed by atoms with Gasteiger partial charge in [-0.3, -0.25) is 9.52 Å². The summed E-state index contributed by atoms with van der Waals surface area (Å²) in [7, 11) is -4.00. The summed E-state index contributed by atoms with van der Waals surface area (Å²) in [5, 5.41) is 3.31. The first kappa shape index (κ1) is 20.0. The Balaban J connectivity index is 1.85. The Hall–Kier alpha value is -1.76. The van der Waals surface area contributed by atoms with Crippen LogP contribution in [0.1, 0.15) is 42.5 Å². The molecule has 3 rings (SSSR count). The predicted octanol–water partition coefficient (Wildman–Crippen LogP) is 4.86. The van der Waals surface area contributed by atoms with Gasteiger partial charge < -0.3 is 5.32 Å². The SMILES string of the molecule is O=C(NC1CCCCC1)c1ccccc1NS(=O)(=O)c1cc(Cl)ccc1Cl. The van der Waals surface area contributed by atoms with E-state index in [9.17, 15) is 13.2 Å². The summed E-state index contributed by atoms with van der Waals surface area (Å²) >= 11 is 11.9. The molecule has 1 fully saturated rings. The van der Waals surface area contributed by atoms with Gasteiger partial charge in [-0.05, 0) is 43.2 Å². The van der Waals surface area contributed by atoms with Crippen molar-refractivity contribution < 1.29 is 13.2 Å². The van der Waals surface area contributed by atoms with Gasteiger partial charge in [-0.15, -0.1) is 0 Å². The molecule has 0 radical (unpaired) electrons. The summed E-state index contributed by atoms with van der Waals surface area (Å²) in [4.78, 5) is 12.5. The van der Waals surface area contributed by atoms with E-state index >= 15 is 0 Å². The van der Waals surface area contributed by atoms with E-state index in [0.29, 0.717) is 0 Å². The molecule has 0 heterocycles. The fourth-order valence-electron chi connectivity index (χ4n) is 3.16. The summed E-state index contributed by atoms with van der Waals surface area (Å²) in [6.45, 7) is 0. The standard InChI is InChI=1S/C19H20Cl2N2O3S/c20-13-10-11-16(21)18(12-13)27(25,26)23-17-9-5-4-8-15(17)19(24)22-14-6-2-1-3-7-14/h4-5,8-12,14,23H,1-3,6-7H2,(H,22,24). The number of amides is 1. The maximum absolute atomic E-state index is 12.8. The minimum absolute atomic E-state index is 0.0519. The van der Waals surface area contributed by atoms with Crippen molar-refractivity contribution in [2.75, 3.05) is 4.72 Å². The second-order valence-corrected chi connectivity index (χ2v) is 9.03. The minimum Gasteiger partial charge on any atom is -0.349 e. The first-order valence-corrected chi connectivity index (χ1v) is 11.0. The lowest BCUT2D eigenvalue weighted by Crippen LogP contribution is -2.36. The Labute approximate surface area is 169 Å². The predicted molar refractivity (Wildman–Crippen MR) is 108 cm³/mol. The Morgan fingerprint density at radius 1 is 1.00 bits per heavy atom. The summed E-state index contributed by atoms with van der Waals surface area (Å²) in [6, 6.07) is 10.8. The molecule has 144 valence electrons. The first-order chi connectivity index (χ1) is 12.9. The van der Waals surface area contributed by atoms with Crippen LogP contribution in [0.15, 0.2) is 47.4 Å². The molecule has 1 saturated carbocycles. The summed E-state index contributed by atoms with van der Waals surface area (Å²) in [5.41, 5.74) is 0.464. The van der Waals surface area contributed by atoms with Crippen LogP contribution < -0.4 is 10.0 Å². The lowest BCUT2D eigenvalue weighted by Gasteiger charge is -2.23. The fraction of sp³-hybridized carbons (Fsp3) is 0.316. The fourth-order valence-corrected chi connectivity index (χ4v) is 5.01. The van der Waals surface area contributed by atoms with E-state index < -0.39 is 10.0 Å². The van der Waals surface area contributed by atoms with Gasteiger partial charge in [0.05, 0.1) is 16.3 Å². The molecule has 8 heteroatoms. The van der Waals surface area contributed by atoms with Crippen LogP contribution in [-0.4, -0.2) is 20.4 Å². The molecule has 1 amide bonds. The number of carbonyl (C=O) groups excluding carboxylic acids is 1. The highest BCUT2D eigenvalue weighted by atomic mass is 35.5. The molecule has 0 aromatic heterocycles. The minimum atomic E-state index is -4.00. The summed E-state index contributed by atoms with van der Waals surface area (Å²) < 4.78 is 28.0. The van der Waals surface area contributed by atoms with Crippen LogP contribution in [-0.2, 0) is 10.0 Å². The number of para-hydroxylation sites is 1. The first-order valence-electron chi connectivity index (χ1n) is 8.74. The zero-order valence-electron chi connectivity index (χ0n) is 14.5. The van der Waals surface area contributed by atoms with Crippen molar-refractivity contribution in [3.63, 3.8) is 0 Å². The average molecular weight is 427 g/mol. The van der Waals surface area contributed by atoms with E-state index in [0.717, 1.165) is 25.7 Å². The van der Waals surface area contributed by atoms with Crippen LogP contribution >= 0.6 is 23.2 Å². The number of sulfonamides is 1. The quantitative estimate of drug-likeness (QED) is 0.716. The van der Waals surface area contributed by atoms with Crippen LogP contribution in [0, 0.1) is 0 Å². The highest BCUT2D eigenvalue weighted by Gasteiger charge is 2.23. The molecule has 0 atom stereocenters. The van der Waals surface area contributed by atoms with Crippen molar-refractivity contribution in [2.24, 2.45) is 0 Å². The molecule has 5 nitrogen and oxygen atoms in total. The average Bonchev–Trinajstić information content (AvgIpc) is 2.64. The van der Waals surface area contributed by atoms with Crippen molar-refractivity contribution in [3.05, 3.63) is 58.1 Å². The normalized spacial score (nSPS) is 15.3. The van der Waals surface area contributed by atoms with Gasteiger partial charge >= 0.3 is 0 Å². The van der Waals surface area contributed by atoms with Crippen LogP contribution in [0.4, 0.5) is 5.69 Å². The van der Waals surface area contributed by atoms with E-state index in [1.54, 1.807) is 24.3 Å². The van der Waals surface area contributed by atoms with Gasteiger partial charge in [0.2, 0.25) is 0 Å². The van der Waals surface area contributed by atoms with Gasteiger partial charge in [0.1, 0.15) is 4.90 Å². The molecule has 27 heavy (non-hydrogen) atoms. The lowest BCUT2D eigenvalue weighted by molar-refractivity contribution is 0.0928. The Kier molecular flexibility index (Phi) is 6.29. The molecule has 2 N–H and O–H groups in total. The molecule has 2 aromatic carbocycles. The number of rotatable bonds is 5. The molecule has 2 aromatic rings. The molecule has 0 saturated heterocycles. The molecular weight excluding hydrogens is 407 g/mol.